The molecule has 1 aromatic heterocycles. The lowest BCUT2D eigenvalue weighted by Gasteiger charge is -2.10. The zero-order valence-electron chi connectivity index (χ0n) is 12.2. The predicted molar refractivity (Wildman–Crippen MR) is 71.6 cm³/mol. The van der Waals surface area contributed by atoms with Gasteiger partial charge in [-0.25, -0.2) is 0 Å². The largest absolute Gasteiger partial charge is 0.355 e. The van der Waals surface area contributed by atoms with Gasteiger partial charge in [-0.15, -0.1) is 0 Å². The number of aromatic nitrogens is 2. The van der Waals surface area contributed by atoms with E-state index in [1.807, 2.05) is 27.7 Å². The Morgan fingerprint density at radius 1 is 1.47 bits per heavy atom. The monoisotopic (exact) mass is 265 g/mol. The summed E-state index contributed by atoms with van der Waals surface area (Å²) in [4.78, 5) is 16.1. The summed E-state index contributed by atoms with van der Waals surface area (Å²) in [6.07, 6.45) is 2.99. The molecule has 1 unspecified atom stereocenters. The third-order valence-corrected chi connectivity index (χ3v) is 3.50. The maximum absolute atomic E-state index is 11.8. The third kappa shape index (κ3) is 3.78. The molecule has 1 aliphatic carbocycles. The van der Waals surface area contributed by atoms with Crippen molar-refractivity contribution in [3.05, 3.63) is 11.7 Å². The van der Waals surface area contributed by atoms with Crippen LogP contribution in [-0.4, -0.2) is 22.6 Å². The highest BCUT2D eigenvalue weighted by atomic mass is 16.5. The highest BCUT2D eigenvalue weighted by Crippen LogP contribution is 2.36. The maximum Gasteiger partial charge on any atom is 0.232 e. The van der Waals surface area contributed by atoms with Crippen LogP contribution >= 0.6 is 0 Å². The van der Waals surface area contributed by atoms with Crippen LogP contribution in [-0.2, 0) is 16.6 Å². The van der Waals surface area contributed by atoms with E-state index in [9.17, 15) is 4.79 Å². The topological polar surface area (TPSA) is 68.0 Å². The normalized spacial score (nSPS) is 17.3. The average Bonchev–Trinajstić information content (AvgIpc) is 3.06. The van der Waals surface area contributed by atoms with Gasteiger partial charge in [-0.2, -0.15) is 4.98 Å². The first-order valence-corrected chi connectivity index (χ1v) is 6.98. The van der Waals surface area contributed by atoms with Crippen LogP contribution in [0.3, 0.4) is 0 Å². The Bertz CT molecular complexity index is 444. The molecule has 19 heavy (non-hydrogen) atoms. The predicted octanol–water partition coefficient (Wildman–Crippen LogP) is 2.07. The summed E-state index contributed by atoms with van der Waals surface area (Å²) in [5.41, 5.74) is -0.130. The molecule has 1 fully saturated rings. The average molecular weight is 265 g/mol. The molecular formula is C14H23N3O2. The Balaban J connectivity index is 1.76. The van der Waals surface area contributed by atoms with Crippen molar-refractivity contribution < 1.29 is 9.32 Å². The second-order valence-electron chi connectivity index (χ2n) is 6.43. The number of hydrogen-bond donors (Lipinski definition) is 1. The lowest BCUT2D eigenvalue weighted by molar-refractivity contribution is -0.125. The molecule has 0 saturated heterocycles. The van der Waals surface area contributed by atoms with Crippen molar-refractivity contribution >= 4 is 5.91 Å². The molecule has 5 heteroatoms. The van der Waals surface area contributed by atoms with E-state index in [1.54, 1.807) is 0 Å². The summed E-state index contributed by atoms with van der Waals surface area (Å²) in [5, 5.41) is 6.87. The molecule has 5 nitrogen and oxygen atoms in total. The van der Waals surface area contributed by atoms with Crippen LogP contribution < -0.4 is 5.32 Å². The number of amides is 1. The molecule has 0 radical (unpaired) electrons. The number of nitrogens with one attached hydrogen (secondary N) is 1. The van der Waals surface area contributed by atoms with Crippen molar-refractivity contribution in [1.82, 2.24) is 15.5 Å². The Morgan fingerprint density at radius 2 is 2.16 bits per heavy atom. The molecule has 0 spiro atoms. The van der Waals surface area contributed by atoms with Crippen LogP contribution in [0, 0.1) is 11.8 Å². The van der Waals surface area contributed by atoms with Crippen molar-refractivity contribution in [1.29, 1.82) is 0 Å². The minimum Gasteiger partial charge on any atom is -0.355 e. The first-order chi connectivity index (χ1) is 8.88. The highest BCUT2D eigenvalue weighted by Gasteiger charge is 2.32. The van der Waals surface area contributed by atoms with Crippen molar-refractivity contribution in [3.8, 4) is 0 Å². The molecule has 106 valence electrons. The van der Waals surface area contributed by atoms with Gasteiger partial charge in [-0.1, -0.05) is 32.9 Å². The van der Waals surface area contributed by atoms with Crippen LogP contribution in [0.25, 0.3) is 0 Å². The van der Waals surface area contributed by atoms with Gasteiger partial charge in [0.1, 0.15) is 0 Å². The van der Waals surface area contributed by atoms with Crippen molar-refractivity contribution in [2.45, 2.75) is 52.4 Å². The van der Waals surface area contributed by atoms with Gasteiger partial charge < -0.3 is 9.84 Å². The van der Waals surface area contributed by atoms with Gasteiger partial charge in [0.2, 0.25) is 11.8 Å². The second-order valence-corrected chi connectivity index (χ2v) is 6.43. The van der Waals surface area contributed by atoms with Gasteiger partial charge in [0, 0.05) is 24.3 Å². The molecule has 1 saturated carbocycles. The molecule has 2 rings (SSSR count). The highest BCUT2D eigenvalue weighted by molar-refractivity contribution is 5.78. The molecule has 1 amide bonds. The third-order valence-electron chi connectivity index (χ3n) is 3.50. The molecule has 1 aromatic rings. The van der Waals surface area contributed by atoms with Gasteiger partial charge in [-0.05, 0) is 18.8 Å². The lowest BCUT2D eigenvalue weighted by atomic mass is 9.97. The fourth-order valence-electron chi connectivity index (χ4n) is 1.93. The van der Waals surface area contributed by atoms with Gasteiger partial charge >= 0.3 is 0 Å². The SMILES string of the molecule is CC(C(=O)NCCc1noc(C(C)(C)C)n1)C1CC1. The van der Waals surface area contributed by atoms with Crippen molar-refractivity contribution in [3.63, 3.8) is 0 Å². The Hall–Kier alpha value is -1.39. The molecule has 1 aliphatic rings. The second kappa shape index (κ2) is 5.31. The van der Waals surface area contributed by atoms with E-state index >= 15 is 0 Å². The first kappa shape index (κ1) is 14.0. The molecule has 1 atom stereocenters. The van der Waals surface area contributed by atoms with Crippen LogP contribution in [0.4, 0.5) is 0 Å². The lowest BCUT2D eigenvalue weighted by Crippen LogP contribution is -2.32. The Kier molecular flexibility index (Phi) is 3.92. The Morgan fingerprint density at radius 3 is 2.68 bits per heavy atom. The smallest absolute Gasteiger partial charge is 0.232 e. The molecule has 1 heterocycles. The van der Waals surface area contributed by atoms with Crippen LogP contribution in [0.15, 0.2) is 4.52 Å². The standard InChI is InChI=1S/C14H23N3O2/c1-9(10-5-6-10)12(18)15-8-7-11-16-13(19-17-11)14(2,3)4/h9-10H,5-8H2,1-4H3,(H,15,18). The van der Waals surface area contributed by atoms with Gasteiger partial charge in [0.25, 0.3) is 0 Å². The molecule has 0 aliphatic heterocycles. The number of hydrogen-bond acceptors (Lipinski definition) is 4. The molecule has 1 N–H and O–H groups in total. The molecule has 0 bridgehead atoms. The number of rotatable bonds is 5. The van der Waals surface area contributed by atoms with Gasteiger partial charge in [0.15, 0.2) is 5.82 Å². The van der Waals surface area contributed by atoms with Crippen LogP contribution in [0.2, 0.25) is 0 Å². The van der Waals surface area contributed by atoms with E-state index in [1.165, 1.54) is 12.8 Å². The minimum absolute atomic E-state index is 0.130. The molecular weight excluding hydrogens is 242 g/mol. The molecule has 0 aromatic carbocycles. The van der Waals surface area contributed by atoms with E-state index in [0.717, 1.165) is 0 Å². The summed E-state index contributed by atoms with van der Waals surface area (Å²) in [7, 11) is 0. The van der Waals surface area contributed by atoms with Crippen molar-refractivity contribution in [2.75, 3.05) is 6.54 Å². The zero-order valence-corrected chi connectivity index (χ0v) is 12.2. The minimum atomic E-state index is -0.130. The summed E-state index contributed by atoms with van der Waals surface area (Å²) in [5.74, 6) is 2.17. The zero-order chi connectivity index (χ0) is 14.0. The maximum atomic E-state index is 11.8. The fourth-order valence-corrected chi connectivity index (χ4v) is 1.93. The van der Waals surface area contributed by atoms with Gasteiger partial charge in [-0.3, -0.25) is 4.79 Å². The summed E-state index contributed by atoms with van der Waals surface area (Å²) in [6.45, 7) is 8.66. The van der Waals surface area contributed by atoms with E-state index < -0.39 is 0 Å². The Labute approximate surface area is 114 Å². The fraction of sp³-hybridized carbons (Fsp3) is 0.786. The van der Waals surface area contributed by atoms with E-state index in [4.69, 9.17) is 4.52 Å². The van der Waals surface area contributed by atoms with Gasteiger partial charge in [0.05, 0.1) is 0 Å². The van der Waals surface area contributed by atoms with E-state index in [-0.39, 0.29) is 17.2 Å². The quantitative estimate of drug-likeness (QED) is 0.885. The summed E-state index contributed by atoms with van der Waals surface area (Å²) >= 11 is 0. The summed E-state index contributed by atoms with van der Waals surface area (Å²) < 4.78 is 5.21. The van der Waals surface area contributed by atoms with Crippen LogP contribution in [0.5, 0.6) is 0 Å². The summed E-state index contributed by atoms with van der Waals surface area (Å²) in [6, 6.07) is 0. The number of carbonyl (C=O) groups is 1. The van der Waals surface area contributed by atoms with E-state index in [2.05, 4.69) is 15.5 Å². The number of nitrogens with zero attached hydrogens (tertiary/aromatic N) is 2. The van der Waals surface area contributed by atoms with Crippen LogP contribution in [0.1, 0.15) is 52.3 Å². The number of carbonyl (C=O) groups excluding carboxylic acids is 1. The van der Waals surface area contributed by atoms with Crippen molar-refractivity contribution in [2.24, 2.45) is 11.8 Å². The first-order valence-electron chi connectivity index (χ1n) is 6.98. The van der Waals surface area contributed by atoms with E-state index in [0.29, 0.717) is 30.6 Å².